The van der Waals surface area contributed by atoms with Gasteiger partial charge in [0.05, 0.1) is 12.0 Å². The lowest BCUT2D eigenvalue weighted by Gasteiger charge is -2.12. The molecule has 0 atom stereocenters. The molecule has 0 aromatic heterocycles. The van der Waals surface area contributed by atoms with Crippen molar-refractivity contribution < 1.29 is 19.4 Å². The van der Waals surface area contributed by atoms with Crippen molar-refractivity contribution in [3.05, 3.63) is 113 Å². The standard InChI is InChI=1S/C29H27NO4/c1-20-7-5-6-10-22(20)13-14-30-28(31)18-24-16-25(29(32)33)15-23-17-26(11-12-27(23)24)34-19-21-8-3-2-4-9-21/h2-12,15-17H,13-14,18-19H2,1H3,(H,30,31)(H,32,33). The summed E-state index contributed by atoms with van der Waals surface area (Å²) in [5.74, 6) is -0.520. The topological polar surface area (TPSA) is 75.6 Å². The Morgan fingerprint density at radius 3 is 2.41 bits per heavy atom. The van der Waals surface area contributed by atoms with Gasteiger partial charge in [0.15, 0.2) is 0 Å². The summed E-state index contributed by atoms with van der Waals surface area (Å²) in [5, 5.41) is 14.1. The normalized spacial score (nSPS) is 10.7. The number of amides is 1. The van der Waals surface area contributed by atoms with Gasteiger partial charge in [0.1, 0.15) is 12.4 Å². The van der Waals surface area contributed by atoms with Crippen molar-refractivity contribution in [3.8, 4) is 5.75 Å². The van der Waals surface area contributed by atoms with E-state index in [4.69, 9.17) is 4.74 Å². The molecule has 2 N–H and O–H groups in total. The minimum atomic E-state index is -1.03. The second kappa shape index (κ2) is 10.7. The molecule has 0 aliphatic heterocycles. The number of carboxylic acid groups (broad SMARTS) is 1. The van der Waals surface area contributed by atoms with Crippen LogP contribution in [0, 0.1) is 6.92 Å². The summed E-state index contributed by atoms with van der Waals surface area (Å²) in [4.78, 5) is 24.4. The van der Waals surface area contributed by atoms with E-state index in [9.17, 15) is 14.7 Å². The van der Waals surface area contributed by atoms with Crippen LogP contribution in [0.15, 0.2) is 84.9 Å². The lowest BCUT2D eigenvalue weighted by molar-refractivity contribution is -0.120. The van der Waals surface area contributed by atoms with Crippen LogP contribution in [-0.4, -0.2) is 23.5 Å². The van der Waals surface area contributed by atoms with Gasteiger partial charge in [-0.15, -0.1) is 0 Å². The number of rotatable bonds is 9. The highest BCUT2D eigenvalue weighted by Crippen LogP contribution is 2.27. The molecule has 0 spiro atoms. The number of carbonyl (C=O) groups excluding carboxylic acids is 1. The van der Waals surface area contributed by atoms with Crippen LogP contribution in [0.2, 0.25) is 0 Å². The Morgan fingerprint density at radius 1 is 0.882 bits per heavy atom. The van der Waals surface area contributed by atoms with Gasteiger partial charge < -0.3 is 15.2 Å². The Bertz CT molecular complexity index is 1310. The quantitative estimate of drug-likeness (QED) is 0.359. The maximum atomic E-state index is 12.7. The predicted octanol–water partition coefficient (Wildman–Crippen LogP) is 5.33. The third-order valence-corrected chi connectivity index (χ3v) is 5.83. The van der Waals surface area contributed by atoms with Gasteiger partial charge in [-0.25, -0.2) is 4.79 Å². The number of hydrogen-bond donors (Lipinski definition) is 2. The average molecular weight is 454 g/mol. The van der Waals surface area contributed by atoms with Crippen LogP contribution in [0.3, 0.4) is 0 Å². The molecule has 4 aromatic carbocycles. The highest BCUT2D eigenvalue weighted by Gasteiger charge is 2.13. The largest absolute Gasteiger partial charge is 0.489 e. The first-order chi connectivity index (χ1) is 16.5. The van der Waals surface area contributed by atoms with E-state index < -0.39 is 5.97 Å². The van der Waals surface area contributed by atoms with Crippen molar-refractivity contribution in [2.75, 3.05) is 6.54 Å². The number of fused-ring (bicyclic) bond motifs is 1. The Labute approximate surface area is 199 Å². The molecule has 0 aliphatic rings. The highest BCUT2D eigenvalue weighted by molar-refractivity contribution is 5.98. The van der Waals surface area contributed by atoms with Crippen LogP contribution < -0.4 is 10.1 Å². The van der Waals surface area contributed by atoms with E-state index in [1.165, 1.54) is 11.1 Å². The fraction of sp³-hybridized carbons (Fsp3) is 0.172. The Morgan fingerprint density at radius 2 is 1.65 bits per heavy atom. The molecule has 0 unspecified atom stereocenters. The van der Waals surface area contributed by atoms with E-state index in [0.29, 0.717) is 24.5 Å². The summed E-state index contributed by atoms with van der Waals surface area (Å²) in [7, 11) is 0. The zero-order valence-electron chi connectivity index (χ0n) is 19.1. The van der Waals surface area contributed by atoms with E-state index in [0.717, 1.165) is 22.8 Å². The van der Waals surface area contributed by atoms with Gasteiger partial charge in [-0.3, -0.25) is 4.79 Å². The summed E-state index contributed by atoms with van der Waals surface area (Å²) < 4.78 is 5.90. The summed E-state index contributed by atoms with van der Waals surface area (Å²) in [6.45, 7) is 3.00. The first kappa shape index (κ1) is 23.1. The van der Waals surface area contributed by atoms with E-state index in [-0.39, 0.29) is 17.9 Å². The maximum Gasteiger partial charge on any atom is 0.335 e. The monoisotopic (exact) mass is 453 g/mol. The number of aromatic carboxylic acids is 1. The Balaban J connectivity index is 1.48. The van der Waals surface area contributed by atoms with Gasteiger partial charge in [-0.05, 0) is 70.6 Å². The number of nitrogens with one attached hydrogen (secondary N) is 1. The van der Waals surface area contributed by atoms with E-state index in [2.05, 4.69) is 24.4 Å². The third-order valence-electron chi connectivity index (χ3n) is 5.83. The lowest BCUT2D eigenvalue weighted by Crippen LogP contribution is -2.27. The van der Waals surface area contributed by atoms with Crippen LogP contribution in [0.4, 0.5) is 0 Å². The minimum Gasteiger partial charge on any atom is -0.489 e. The van der Waals surface area contributed by atoms with Gasteiger partial charge in [0.2, 0.25) is 5.91 Å². The van der Waals surface area contributed by atoms with E-state index in [1.807, 2.05) is 60.7 Å². The number of ether oxygens (including phenoxy) is 1. The molecule has 5 heteroatoms. The molecule has 0 radical (unpaired) electrons. The van der Waals surface area contributed by atoms with E-state index in [1.54, 1.807) is 12.1 Å². The van der Waals surface area contributed by atoms with Gasteiger partial charge in [-0.2, -0.15) is 0 Å². The summed E-state index contributed by atoms with van der Waals surface area (Å²) in [5.41, 5.74) is 4.27. The maximum absolute atomic E-state index is 12.7. The number of hydrogen-bond acceptors (Lipinski definition) is 3. The first-order valence-electron chi connectivity index (χ1n) is 11.3. The highest BCUT2D eigenvalue weighted by atomic mass is 16.5. The van der Waals surface area contributed by atoms with E-state index >= 15 is 0 Å². The molecule has 1 amide bonds. The van der Waals surface area contributed by atoms with Crippen molar-refractivity contribution in [3.63, 3.8) is 0 Å². The number of carboxylic acids is 1. The molecule has 5 nitrogen and oxygen atoms in total. The van der Waals surface area contributed by atoms with Crippen LogP contribution in [-0.2, 0) is 24.2 Å². The Kier molecular flexibility index (Phi) is 7.23. The second-order valence-electron chi connectivity index (χ2n) is 8.30. The molecular formula is C29H27NO4. The molecule has 0 bridgehead atoms. The summed E-state index contributed by atoms with van der Waals surface area (Å²) in [6, 6.07) is 26.7. The van der Waals surface area contributed by atoms with Gasteiger partial charge in [0, 0.05) is 6.54 Å². The number of benzene rings is 4. The number of carbonyl (C=O) groups is 2. The van der Waals surface area contributed by atoms with Crippen LogP contribution >= 0.6 is 0 Å². The zero-order chi connectivity index (χ0) is 23.9. The number of aryl methyl sites for hydroxylation is 1. The third kappa shape index (κ3) is 5.81. The fourth-order valence-electron chi connectivity index (χ4n) is 3.99. The van der Waals surface area contributed by atoms with Crippen molar-refractivity contribution >= 4 is 22.6 Å². The van der Waals surface area contributed by atoms with Gasteiger partial charge in [-0.1, -0.05) is 60.7 Å². The zero-order valence-corrected chi connectivity index (χ0v) is 19.1. The molecule has 0 heterocycles. The molecule has 0 saturated heterocycles. The van der Waals surface area contributed by atoms with Crippen LogP contribution in [0.5, 0.6) is 5.75 Å². The lowest BCUT2D eigenvalue weighted by atomic mass is 9.98. The molecule has 172 valence electrons. The van der Waals surface area contributed by atoms with Crippen molar-refractivity contribution in [2.45, 2.75) is 26.4 Å². The van der Waals surface area contributed by atoms with Crippen LogP contribution in [0.1, 0.15) is 32.6 Å². The van der Waals surface area contributed by atoms with Crippen LogP contribution in [0.25, 0.3) is 10.8 Å². The molecular weight excluding hydrogens is 426 g/mol. The predicted molar refractivity (Wildman–Crippen MR) is 133 cm³/mol. The van der Waals surface area contributed by atoms with Gasteiger partial charge in [0.25, 0.3) is 0 Å². The summed E-state index contributed by atoms with van der Waals surface area (Å²) >= 11 is 0. The smallest absolute Gasteiger partial charge is 0.335 e. The summed E-state index contributed by atoms with van der Waals surface area (Å²) in [6.07, 6.45) is 0.853. The average Bonchev–Trinajstić information content (AvgIpc) is 2.84. The molecule has 0 saturated carbocycles. The Hall–Kier alpha value is -4.12. The molecule has 4 aromatic rings. The van der Waals surface area contributed by atoms with Crippen molar-refractivity contribution in [1.82, 2.24) is 5.32 Å². The molecule has 0 fully saturated rings. The first-order valence-corrected chi connectivity index (χ1v) is 11.3. The fourth-order valence-corrected chi connectivity index (χ4v) is 3.99. The minimum absolute atomic E-state index is 0.107. The molecule has 34 heavy (non-hydrogen) atoms. The second-order valence-corrected chi connectivity index (χ2v) is 8.30. The molecule has 0 aliphatic carbocycles. The van der Waals surface area contributed by atoms with Crippen molar-refractivity contribution in [1.29, 1.82) is 0 Å². The van der Waals surface area contributed by atoms with Gasteiger partial charge >= 0.3 is 5.97 Å². The van der Waals surface area contributed by atoms with Crippen molar-refractivity contribution in [2.24, 2.45) is 0 Å². The SMILES string of the molecule is Cc1ccccc1CCNC(=O)Cc1cc(C(=O)O)cc2cc(OCc3ccccc3)ccc12. The molecule has 4 rings (SSSR count).